The van der Waals surface area contributed by atoms with Gasteiger partial charge in [-0.25, -0.2) is 4.79 Å². The molecule has 0 radical (unpaired) electrons. The van der Waals surface area contributed by atoms with Gasteiger partial charge in [0.1, 0.15) is 6.54 Å². The summed E-state index contributed by atoms with van der Waals surface area (Å²) in [5.74, 6) is -0.215. The third-order valence-corrected chi connectivity index (χ3v) is 4.83. The molecular weight excluding hydrogens is 354 g/mol. The lowest BCUT2D eigenvalue weighted by atomic mass is 10.1. The lowest BCUT2D eigenvalue weighted by Gasteiger charge is -2.19. The molecule has 1 aliphatic heterocycles. The van der Waals surface area contributed by atoms with Crippen molar-refractivity contribution in [2.75, 3.05) is 31.6 Å². The highest BCUT2D eigenvalue weighted by Gasteiger charge is 2.18. The number of nitrogens with zero attached hydrogens (tertiary/aromatic N) is 2. The molecule has 2 aromatic rings. The average molecular weight is 381 g/mol. The second-order valence-electron chi connectivity index (χ2n) is 6.95. The minimum absolute atomic E-state index is 0.0225. The summed E-state index contributed by atoms with van der Waals surface area (Å²) in [6, 6.07) is 16.8. The van der Waals surface area contributed by atoms with Crippen LogP contribution in [0.3, 0.4) is 0 Å². The Labute approximate surface area is 166 Å². The van der Waals surface area contributed by atoms with Gasteiger partial charge in [-0.05, 0) is 36.1 Å². The van der Waals surface area contributed by atoms with Crippen molar-refractivity contribution in [1.82, 2.24) is 10.2 Å². The van der Waals surface area contributed by atoms with Crippen molar-refractivity contribution in [2.45, 2.75) is 26.4 Å². The topological polar surface area (TPSA) is 61.9 Å². The molecule has 0 aliphatic carbocycles. The van der Waals surface area contributed by atoms with Crippen LogP contribution < -0.4 is 10.2 Å². The van der Waals surface area contributed by atoms with Crippen LogP contribution >= 0.6 is 0 Å². The van der Waals surface area contributed by atoms with Gasteiger partial charge in [0, 0.05) is 32.4 Å². The number of carbonyl (C=O) groups excluding carboxylic acids is 2. The minimum atomic E-state index is -0.495. The maximum atomic E-state index is 12.0. The molecule has 0 bridgehead atoms. The van der Waals surface area contributed by atoms with Crippen molar-refractivity contribution in [1.29, 1.82) is 0 Å². The van der Waals surface area contributed by atoms with Gasteiger partial charge < -0.3 is 19.9 Å². The van der Waals surface area contributed by atoms with E-state index in [-0.39, 0.29) is 12.5 Å². The average Bonchev–Trinajstić information content (AvgIpc) is 3.10. The van der Waals surface area contributed by atoms with Gasteiger partial charge in [0.05, 0.1) is 6.61 Å². The van der Waals surface area contributed by atoms with E-state index in [4.69, 9.17) is 4.74 Å². The second-order valence-corrected chi connectivity index (χ2v) is 6.95. The highest BCUT2D eigenvalue weighted by atomic mass is 16.6. The van der Waals surface area contributed by atoms with Gasteiger partial charge in [0.25, 0.3) is 0 Å². The van der Waals surface area contributed by atoms with Gasteiger partial charge >= 0.3 is 6.09 Å². The zero-order valence-electron chi connectivity index (χ0n) is 16.5. The summed E-state index contributed by atoms with van der Waals surface area (Å²) in [5.41, 5.74) is 5.01. The number of ether oxygens (including phenoxy) is 1. The van der Waals surface area contributed by atoms with E-state index in [1.54, 1.807) is 14.0 Å². The fourth-order valence-electron chi connectivity index (χ4n) is 3.32. The summed E-state index contributed by atoms with van der Waals surface area (Å²) in [7, 11) is 1.54. The lowest BCUT2D eigenvalue weighted by Crippen LogP contribution is -2.38. The molecule has 2 aromatic carbocycles. The fourth-order valence-corrected chi connectivity index (χ4v) is 3.32. The molecule has 0 spiro atoms. The van der Waals surface area contributed by atoms with E-state index in [2.05, 4.69) is 46.6 Å². The Morgan fingerprint density at radius 1 is 1.11 bits per heavy atom. The van der Waals surface area contributed by atoms with Gasteiger partial charge in [-0.2, -0.15) is 0 Å². The maximum Gasteiger partial charge on any atom is 0.409 e. The third-order valence-electron chi connectivity index (χ3n) is 4.83. The molecule has 148 valence electrons. The largest absolute Gasteiger partial charge is 0.450 e. The predicted octanol–water partition coefficient (Wildman–Crippen LogP) is 2.95. The molecule has 0 aromatic heterocycles. The zero-order chi connectivity index (χ0) is 19.9. The number of hydrogen-bond donors (Lipinski definition) is 1. The third kappa shape index (κ3) is 5.03. The lowest BCUT2D eigenvalue weighted by molar-refractivity contribution is -0.121. The molecule has 0 fully saturated rings. The first-order valence-electron chi connectivity index (χ1n) is 9.62. The smallest absolute Gasteiger partial charge is 0.409 e. The molecule has 1 N–H and O–H groups in total. The Balaban J connectivity index is 1.47. The molecule has 0 saturated carbocycles. The standard InChI is InChI=1S/C22H27N3O3/c1-3-28-22(27)24(2)16-21(26)23-14-17-8-10-18(11-9-17)15-25-13-12-19-6-4-5-7-20(19)25/h4-11H,3,12-16H2,1-2H3,(H,23,26). The minimum Gasteiger partial charge on any atom is -0.450 e. The van der Waals surface area contributed by atoms with E-state index >= 15 is 0 Å². The van der Waals surface area contributed by atoms with E-state index in [1.165, 1.54) is 21.7 Å². The van der Waals surface area contributed by atoms with Crippen molar-refractivity contribution in [3.63, 3.8) is 0 Å². The van der Waals surface area contributed by atoms with Crippen molar-refractivity contribution >= 4 is 17.7 Å². The SMILES string of the molecule is CCOC(=O)N(C)CC(=O)NCc1ccc(CN2CCc3ccccc32)cc1. The van der Waals surface area contributed by atoms with Crippen LogP contribution in [0.5, 0.6) is 0 Å². The number of para-hydroxylation sites is 1. The van der Waals surface area contributed by atoms with E-state index in [9.17, 15) is 9.59 Å². The first kappa shape index (κ1) is 19.7. The summed E-state index contributed by atoms with van der Waals surface area (Å²) in [4.78, 5) is 27.2. The molecule has 3 rings (SSSR count). The van der Waals surface area contributed by atoms with E-state index in [0.29, 0.717) is 13.2 Å². The highest BCUT2D eigenvalue weighted by Crippen LogP contribution is 2.28. The first-order chi connectivity index (χ1) is 13.6. The molecular formula is C22H27N3O3. The van der Waals surface area contributed by atoms with Gasteiger partial charge in [-0.15, -0.1) is 0 Å². The van der Waals surface area contributed by atoms with Crippen LogP contribution in [0.2, 0.25) is 0 Å². The van der Waals surface area contributed by atoms with Crippen LogP contribution in [0, 0.1) is 0 Å². The predicted molar refractivity (Wildman–Crippen MR) is 109 cm³/mol. The number of fused-ring (bicyclic) bond motifs is 1. The fraction of sp³-hybridized carbons (Fsp3) is 0.364. The van der Waals surface area contributed by atoms with E-state index in [1.807, 2.05) is 12.1 Å². The quantitative estimate of drug-likeness (QED) is 0.801. The molecule has 2 amide bonds. The Kier molecular flexibility index (Phi) is 6.53. The molecule has 6 heteroatoms. The van der Waals surface area contributed by atoms with Crippen LogP contribution in [-0.4, -0.2) is 43.6 Å². The zero-order valence-corrected chi connectivity index (χ0v) is 16.5. The summed E-state index contributed by atoms with van der Waals surface area (Å²) >= 11 is 0. The number of hydrogen-bond acceptors (Lipinski definition) is 4. The number of amides is 2. The monoisotopic (exact) mass is 381 g/mol. The van der Waals surface area contributed by atoms with Crippen molar-refractivity contribution < 1.29 is 14.3 Å². The molecule has 1 heterocycles. The van der Waals surface area contributed by atoms with Crippen LogP contribution in [-0.2, 0) is 29.0 Å². The molecule has 0 saturated heterocycles. The Hall–Kier alpha value is -3.02. The number of nitrogens with one attached hydrogen (secondary N) is 1. The highest BCUT2D eigenvalue weighted by molar-refractivity contribution is 5.82. The van der Waals surface area contributed by atoms with Crippen molar-refractivity contribution in [3.8, 4) is 0 Å². The van der Waals surface area contributed by atoms with Crippen LogP contribution in [0.25, 0.3) is 0 Å². The molecule has 0 atom stereocenters. The van der Waals surface area contributed by atoms with E-state index in [0.717, 1.165) is 25.1 Å². The van der Waals surface area contributed by atoms with Crippen molar-refractivity contribution in [2.24, 2.45) is 0 Å². The van der Waals surface area contributed by atoms with E-state index < -0.39 is 6.09 Å². The van der Waals surface area contributed by atoms with Gasteiger partial charge in [0.15, 0.2) is 0 Å². The molecule has 1 aliphatic rings. The summed E-state index contributed by atoms with van der Waals surface area (Å²) in [6.07, 6.45) is 0.603. The number of carbonyl (C=O) groups is 2. The maximum absolute atomic E-state index is 12.0. The summed E-state index contributed by atoms with van der Waals surface area (Å²) < 4.78 is 4.86. The number of rotatable bonds is 7. The van der Waals surface area contributed by atoms with Gasteiger partial charge in [-0.1, -0.05) is 42.5 Å². The van der Waals surface area contributed by atoms with Crippen LogP contribution in [0.15, 0.2) is 48.5 Å². The van der Waals surface area contributed by atoms with Crippen LogP contribution in [0.1, 0.15) is 23.6 Å². The number of likely N-dealkylation sites (N-methyl/N-ethyl adjacent to an activating group) is 1. The molecule has 28 heavy (non-hydrogen) atoms. The Morgan fingerprint density at radius 3 is 2.57 bits per heavy atom. The van der Waals surface area contributed by atoms with Gasteiger partial charge in [0.2, 0.25) is 5.91 Å². The normalized spacial score (nSPS) is 12.4. The van der Waals surface area contributed by atoms with Crippen LogP contribution in [0.4, 0.5) is 10.5 Å². The second kappa shape index (κ2) is 9.26. The number of anilines is 1. The number of benzene rings is 2. The van der Waals surface area contributed by atoms with Crippen molar-refractivity contribution in [3.05, 3.63) is 65.2 Å². The summed E-state index contributed by atoms with van der Waals surface area (Å²) in [6.45, 7) is 4.37. The first-order valence-corrected chi connectivity index (χ1v) is 9.62. The molecule has 6 nitrogen and oxygen atoms in total. The van der Waals surface area contributed by atoms with Gasteiger partial charge in [-0.3, -0.25) is 4.79 Å². The molecule has 0 unspecified atom stereocenters. The Morgan fingerprint density at radius 2 is 1.82 bits per heavy atom. The summed E-state index contributed by atoms with van der Waals surface area (Å²) in [5, 5.41) is 2.83. The Bertz CT molecular complexity index is 820.